The van der Waals surface area contributed by atoms with Crippen LogP contribution in [-0.4, -0.2) is 38.9 Å². The van der Waals surface area contributed by atoms with Crippen molar-refractivity contribution >= 4 is 15.8 Å². The first-order valence-electron chi connectivity index (χ1n) is 11.3. The molecular formula is C26H24F2N4O3S. The highest BCUT2D eigenvalue weighted by Crippen LogP contribution is 2.42. The van der Waals surface area contributed by atoms with Gasteiger partial charge in [0.25, 0.3) is 10.0 Å². The van der Waals surface area contributed by atoms with Gasteiger partial charge in [-0.1, -0.05) is 48.5 Å². The predicted molar refractivity (Wildman–Crippen MR) is 129 cm³/mol. The largest absolute Gasteiger partial charge is 0.369 e. The number of aromatic nitrogens is 3. The molecule has 3 heterocycles. The van der Waals surface area contributed by atoms with Crippen LogP contribution >= 0.6 is 0 Å². The van der Waals surface area contributed by atoms with Crippen LogP contribution in [0.25, 0.3) is 0 Å². The van der Waals surface area contributed by atoms with Gasteiger partial charge < -0.3 is 0 Å². The molecule has 0 saturated heterocycles. The zero-order valence-corrected chi connectivity index (χ0v) is 20.5. The van der Waals surface area contributed by atoms with E-state index in [1.807, 2.05) is 0 Å². The maximum Gasteiger partial charge on any atom is 0.369 e. The van der Waals surface area contributed by atoms with Gasteiger partial charge >= 0.3 is 6.05 Å². The maximum absolute atomic E-state index is 16.0. The number of nitrogens with zero attached hydrogens (tertiary/aromatic N) is 4. The second kappa shape index (κ2) is 8.79. The molecule has 0 saturated carbocycles. The van der Waals surface area contributed by atoms with Crippen LogP contribution in [0.5, 0.6) is 0 Å². The van der Waals surface area contributed by atoms with Crippen molar-refractivity contribution in [3.05, 3.63) is 107 Å². The minimum absolute atomic E-state index is 0.0551. The Morgan fingerprint density at radius 3 is 2.31 bits per heavy atom. The molecule has 0 N–H and O–H groups in total. The van der Waals surface area contributed by atoms with Crippen molar-refractivity contribution in [2.75, 3.05) is 0 Å². The van der Waals surface area contributed by atoms with E-state index >= 15 is 8.78 Å². The highest BCUT2D eigenvalue weighted by atomic mass is 32.2. The second-order valence-electron chi connectivity index (χ2n) is 8.87. The van der Waals surface area contributed by atoms with Crippen molar-refractivity contribution in [3.63, 3.8) is 0 Å². The lowest BCUT2D eigenvalue weighted by Crippen LogP contribution is -2.51. The van der Waals surface area contributed by atoms with E-state index < -0.39 is 34.4 Å². The van der Waals surface area contributed by atoms with Gasteiger partial charge in [0, 0.05) is 42.7 Å². The Hall–Kier alpha value is -3.63. The number of Topliss-reactive ketones (excluding diaryl/α,β-unsaturated/α-hetero) is 1. The second-order valence-corrected chi connectivity index (χ2v) is 10.7. The number of hydrogen-bond donors (Lipinski definition) is 0. The van der Waals surface area contributed by atoms with Gasteiger partial charge in [-0.05, 0) is 37.1 Å². The van der Waals surface area contributed by atoms with Crippen molar-refractivity contribution in [1.29, 1.82) is 0 Å². The summed E-state index contributed by atoms with van der Waals surface area (Å²) in [6.07, 6.45) is 3.23. The third-order valence-corrected chi connectivity index (χ3v) is 8.35. The van der Waals surface area contributed by atoms with Gasteiger partial charge in [-0.2, -0.15) is 13.9 Å². The lowest BCUT2D eigenvalue weighted by Gasteiger charge is -2.39. The van der Waals surface area contributed by atoms with Gasteiger partial charge in [0.1, 0.15) is 0 Å². The lowest BCUT2D eigenvalue weighted by molar-refractivity contribution is -0.138. The van der Waals surface area contributed by atoms with E-state index in [2.05, 4.69) is 5.10 Å². The van der Waals surface area contributed by atoms with Crippen LogP contribution in [0.1, 0.15) is 38.9 Å². The number of ketones is 1. The van der Waals surface area contributed by atoms with Crippen LogP contribution in [0.3, 0.4) is 0 Å². The van der Waals surface area contributed by atoms with Crippen molar-refractivity contribution < 1.29 is 22.0 Å². The van der Waals surface area contributed by atoms with Crippen LogP contribution in [0.2, 0.25) is 0 Å². The molecule has 4 aromatic rings. The van der Waals surface area contributed by atoms with E-state index in [9.17, 15) is 13.2 Å². The highest BCUT2D eigenvalue weighted by Gasteiger charge is 2.51. The van der Waals surface area contributed by atoms with Gasteiger partial charge in [0.05, 0.1) is 16.8 Å². The fourth-order valence-corrected chi connectivity index (χ4v) is 6.41. The first kappa shape index (κ1) is 24.1. The number of rotatable bonds is 6. The molecule has 0 fully saturated rings. The number of hydrogen-bond acceptors (Lipinski definition) is 5. The number of benzene rings is 2. The molecule has 0 amide bonds. The Kier molecular flexibility index (Phi) is 5.88. The summed E-state index contributed by atoms with van der Waals surface area (Å²) in [5, 5.41) is 4.13. The Balaban J connectivity index is 1.64. The molecule has 1 aliphatic rings. The van der Waals surface area contributed by atoms with E-state index in [0.717, 1.165) is 8.87 Å². The minimum Gasteiger partial charge on any atom is -0.286 e. The van der Waals surface area contributed by atoms with E-state index in [0.29, 0.717) is 16.8 Å². The topological polar surface area (TPSA) is 77.2 Å². The van der Waals surface area contributed by atoms with E-state index in [4.69, 9.17) is 0 Å². The summed E-state index contributed by atoms with van der Waals surface area (Å²) >= 11 is 0. The fourth-order valence-electron chi connectivity index (χ4n) is 4.80. The van der Waals surface area contributed by atoms with Crippen LogP contribution < -0.4 is 0 Å². The zero-order valence-electron chi connectivity index (χ0n) is 19.7. The van der Waals surface area contributed by atoms with Crippen molar-refractivity contribution in [2.45, 2.75) is 36.9 Å². The van der Waals surface area contributed by atoms with Crippen molar-refractivity contribution in [3.8, 4) is 0 Å². The average Bonchev–Trinajstić information content (AvgIpc) is 3.45. The van der Waals surface area contributed by atoms with E-state index in [-0.39, 0.29) is 22.6 Å². The molecule has 2 aromatic carbocycles. The molecule has 1 unspecified atom stereocenters. The van der Waals surface area contributed by atoms with E-state index in [1.165, 1.54) is 47.3 Å². The lowest BCUT2D eigenvalue weighted by atomic mass is 9.93. The van der Waals surface area contributed by atoms with Gasteiger partial charge in [-0.15, -0.1) is 0 Å². The molecule has 0 radical (unpaired) electrons. The van der Waals surface area contributed by atoms with Crippen LogP contribution in [0, 0.1) is 6.92 Å². The molecule has 5 rings (SSSR count). The number of alkyl halides is 2. The third-order valence-electron chi connectivity index (χ3n) is 6.49. The standard InChI is InChI=1S/C26H24F2N4O3S/c1-18-13-20-14-23(21-15-29-30(2)16-21)31(26(27,28)25(33)19-9-5-3-6-10-19)17-24(20)32(18)36(34,35)22-11-7-4-8-12-22/h3-13,15-16,23H,14,17H2,1-2H3. The highest BCUT2D eigenvalue weighted by molar-refractivity contribution is 7.90. The summed E-state index contributed by atoms with van der Waals surface area (Å²) in [5.74, 6) is -1.35. The monoisotopic (exact) mass is 510 g/mol. The van der Waals surface area contributed by atoms with Crippen LogP contribution in [0.15, 0.2) is 84.0 Å². The molecule has 7 nitrogen and oxygen atoms in total. The molecule has 2 aromatic heterocycles. The molecule has 1 aliphatic heterocycles. The first-order valence-corrected chi connectivity index (χ1v) is 12.8. The maximum atomic E-state index is 16.0. The Morgan fingerprint density at radius 2 is 1.69 bits per heavy atom. The minimum atomic E-state index is -4.04. The Bertz CT molecular complexity index is 1530. The molecule has 1 atom stereocenters. The van der Waals surface area contributed by atoms with Crippen molar-refractivity contribution in [2.24, 2.45) is 7.05 Å². The molecule has 36 heavy (non-hydrogen) atoms. The molecule has 0 aliphatic carbocycles. The third kappa shape index (κ3) is 3.96. The van der Waals surface area contributed by atoms with E-state index in [1.54, 1.807) is 50.5 Å². The van der Waals surface area contributed by atoms with Gasteiger partial charge in [0.2, 0.25) is 5.78 Å². The van der Waals surface area contributed by atoms with Gasteiger partial charge in [-0.3, -0.25) is 9.48 Å². The summed E-state index contributed by atoms with van der Waals surface area (Å²) in [6.45, 7) is 1.19. The van der Waals surface area contributed by atoms with Gasteiger partial charge in [-0.25, -0.2) is 17.3 Å². The molecular weight excluding hydrogens is 486 g/mol. The van der Waals surface area contributed by atoms with Crippen LogP contribution in [-0.2, 0) is 30.0 Å². The predicted octanol–water partition coefficient (Wildman–Crippen LogP) is 4.34. The van der Waals surface area contributed by atoms with Crippen molar-refractivity contribution in [1.82, 2.24) is 18.7 Å². The quantitative estimate of drug-likeness (QED) is 0.285. The first-order chi connectivity index (χ1) is 17.1. The Morgan fingerprint density at radius 1 is 1.06 bits per heavy atom. The zero-order chi connectivity index (χ0) is 25.7. The molecule has 0 bridgehead atoms. The summed E-state index contributed by atoms with van der Waals surface area (Å²) < 4.78 is 61.6. The normalized spacial score (nSPS) is 16.6. The number of aryl methyl sites for hydroxylation is 2. The average molecular weight is 511 g/mol. The van der Waals surface area contributed by atoms with Gasteiger partial charge in [0.15, 0.2) is 0 Å². The number of carbonyl (C=O) groups is 1. The molecule has 10 heteroatoms. The number of halogens is 2. The summed E-state index contributed by atoms with van der Waals surface area (Å²) in [4.78, 5) is 13.9. The summed E-state index contributed by atoms with van der Waals surface area (Å²) in [6, 6.07) is 12.2. The molecule has 0 spiro atoms. The van der Waals surface area contributed by atoms with Crippen LogP contribution in [0.4, 0.5) is 8.78 Å². The summed E-state index contributed by atoms with van der Waals surface area (Å²) in [5.41, 5.74) is 1.66. The number of carbonyl (C=O) groups excluding carboxylic acids is 1. The SMILES string of the molecule is Cc1cc2c(n1S(=O)(=O)c1ccccc1)CN(C(F)(F)C(=O)c1ccccc1)C(c1cnn(C)c1)C2. The fraction of sp³-hybridized carbons (Fsp3) is 0.231. The Labute approximate surface area is 207 Å². The molecule has 186 valence electrons. The number of fused-ring (bicyclic) bond motifs is 1. The smallest absolute Gasteiger partial charge is 0.286 e. The summed E-state index contributed by atoms with van der Waals surface area (Å²) in [7, 11) is -2.36.